The first-order valence-corrected chi connectivity index (χ1v) is 8.05. The van der Waals surface area contributed by atoms with Gasteiger partial charge in [-0.3, -0.25) is 9.79 Å². The molecule has 2 heterocycles. The van der Waals surface area contributed by atoms with Crippen molar-refractivity contribution >= 4 is 17.4 Å². The average Bonchev–Trinajstić information content (AvgIpc) is 2.99. The molecule has 138 valence electrons. The Morgan fingerprint density at radius 2 is 2.08 bits per heavy atom. The Bertz CT molecular complexity index is 876. The number of furan rings is 1. The van der Waals surface area contributed by atoms with Crippen molar-refractivity contribution < 1.29 is 22.4 Å². The number of nitrogens with two attached hydrogens (primary N) is 1. The Morgan fingerprint density at radius 3 is 2.73 bits per heavy atom. The number of alkyl halides is 2. The summed E-state index contributed by atoms with van der Waals surface area (Å²) >= 11 is 0. The van der Waals surface area contributed by atoms with E-state index in [1.807, 2.05) is 0 Å². The number of hydrogen-bond acceptors (Lipinski definition) is 4. The molecular weight excluding hydrogens is 347 g/mol. The third-order valence-electron chi connectivity index (χ3n) is 4.27. The highest BCUT2D eigenvalue weighted by Crippen LogP contribution is 2.44. The largest absolute Gasteiger partial charge is 0.456 e. The number of benzene rings is 1. The van der Waals surface area contributed by atoms with E-state index in [2.05, 4.69) is 10.3 Å². The fourth-order valence-electron chi connectivity index (χ4n) is 2.87. The average molecular weight is 365 g/mol. The number of aliphatic imine (C=N–C) groups is 1. The van der Waals surface area contributed by atoms with Crippen molar-refractivity contribution in [2.45, 2.75) is 32.2 Å². The minimum absolute atomic E-state index is 0.0563. The number of nitrogens with one attached hydrogen (secondary N) is 1. The van der Waals surface area contributed by atoms with Crippen LogP contribution in [0.15, 0.2) is 39.7 Å². The summed E-state index contributed by atoms with van der Waals surface area (Å²) in [5.41, 5.74) is 5.52. The second-order valence-electron chi connectivity index (χ2n) is 6.42. The first-order valence-electron chi connectivity index (χ1n) is 8.05. The molecule has 0 radical (unpaired) electrons. The number of rotatable bonds is 3. The lowest BCUT2D eigenvalue weighted by atomic mass is 9.89. The molecule has 0 saturated carbocycles. The fraction of sp³-hybridized carbons (Fsp3) is 0.333. The predicted molar refractivity (Wildman–Crippen MR) is 90.9 cm³/mol. The molecule has 1 aliphatic heterocycles. The van der Waals surface area contributed by atoms with Gasteiger partial charge in [0.25, 0.3) is 11.8 Å². The summed E-state index contributed by atoms with van der Waals surface area (Å²) in [6.45, 7) is 3.22. The highest BCUT2D eigenvalue weighted by molar-refractivity contribution is 6.02. The molecule has 8 heteroatoms. The molecule has 2 aromatic rings. The summed E-state index contributed by atoms with van der Waals surface area (Å²) in [7, 11) is 0. The molecule has 2 atom stereocenters. The van der Waals surface area contributed by atoms with Crippen molar-refractivity contribution in [3.8, 4) is 0 Å². The van der Waals surface area contributed by atoms with Gasteiger partial charge in [0.2, 0.25) is 0 Å². The van der Waals surface area contributed by atoms with Crippen LogP contribution in [0.4, 0.5) is 18.9 Å². The molecule has 1 aliphatic rings. The fourth-order valence-corrected chi connectivity index (χ4v) is 2.87. The maximum atomic E-state index is 14.4. The molecule has 0 fully saturated rings. The number of aryl methyl sites for hydroxylation is 1. The normalized spacial score (nSPS) is 22.0. The van der Waals surface area contributed by atoms with Gasteiger partial charge in [0.1, 0.15) is 17.6 Å². The van der Waals surface area contributed by atoms with Crippen LogP contribution in [0.5, 0.6) is 0 Å². The van der Waals surface area contributed by atoms with Crippen LogP contribution >= 0.6 is 0 Å². The molecule has 1 aromatic carbocycles. The number of halogens is 3. The first-order chi connectivity index (χ1) is 12.2. The zero-order valence-corrected chi connectivity index (χ0v) is 14.2. The number of anilines is 1. The summed E-state index contributed by atoms with van der Waals surface area (Å²) < 4.78 is 48.2. The summed E-state index contributed by atoms with van der Waals surface area (Å²) in [6.07, 6.45) is -0.519. The molecule has 1 aromatic heterocycles. The van der Waals surface area contributed by atoms with E-state index in [9.17, 15) is 18.0 Å². The van der Waals surface area contributed by atoms with Gasteiger partial charge in [-0.05, 0) is 37.3 Å². The molecule has 0 bridgehead atoms. The second kappa shape index (κ2) is 6.51. The van der Waals surface area contributed by atoms with Crippen molar-refractivity contribution in [1.29, 1.82) is 0 Å². The van der Waals surface area contributed by atoms with E-state index in [0.29, 0.717) is 5.76 Å². The van der Waals surface area contributed by atoms with Crippen LogP contribution in [0, 0.1) is 18.7 Å². The Morgan fingerprint density at radius 1 is 1.35 bits per heavy atom. The quantitative estimate of drug-likeness (QED) is 0.861. The lowest BCUT2D eigenvalue weighted by Gasteiger charge is -2.32. The number of amidine groups is 1. The van der Waals surface area contributed by atoms with Gasteiger partial charge in [0.05, 0.1) is 5.84 Å². The standard InChI is InChI=1S/C18H18F3N3O2/c1-9-8-18(20,21)15(24-16(9)22)12-7-11(4-5-13(12)19)23-17(25)14-6-3-10(2)26-14/h3-7,9,15H,8H2,1-2H3,(H2,22,24)(H,23,25). The van der Waals surface area contributed by atoms with E-state index in [1.54, 1.807) is 19.9 Å². The Balaban J connectivity index is 1.92. The third-order valence-corrected chi connectivity index (χ3v) is 4.27. The van der Waals surface area contributed by atoms with Crippen LogP contribution in [-0.2, 0) is 0 Å². The van der Waals surface area contributed by atoms with Crippen LogP contribution in [0.1, 0.15) is 41.3 Å². The molecule has 0 spiro atoms. The van der Waals surface area contributed by atoms with Gasteiger partial charge < -0.3 is 15.5 Å². The van der Waals surface area contributed by atoms with Gasteiger partial charge in [-0.1, -0.05) is 6.92 Å². The predicted octanol–water partition coefficient (Wildman–Crippen LogP) is 4.05. The van der Waals surface area contributed by atoms with E-state index in [-0.39, 0.29) is 22.8 Å². The second-order valence-corrected chi connectivity index (χ2v) is 6.42. The summed E-state index contributed by atoms with van der Waals surface area (Å²) in [4.78, 5) is 15.9. The van der Waals surface area contributed by atoms with Crippen molar-refractivity contribution in [3.05, 3.63) is 53.2 Å². The number of carbonyl (C=O) groups excluding carboxylic acids is 1. The van der Waals surface area contributed by atoms with Crippen LogP contribution in [0.25, 0.3) is 0 Å². The van der Waals surface area contributed by atoms with Crippen LogP contribution in [0.3, 0.4) is 0 Å². The lowest BCUT2D eigenvalue weighted by Crippen LogP contribution is -2.39. The van der Waals surface area contributed by atoms with Gasteiger partial charge in [0, 0.05) is 23.6 Å². The highest BCUT2D eigenvalue weighted by Gasteiger charge is 2.46. The third kappa shape index (κ3) is 3.44. The summed E-state index contributed by atoms with van der Waals surface area (Å²) in [5.74, 6) is -4.57. The number of carbonyl (C=O) groups is 1. The van der Waals surface area contributed by atoms with E-state index < -0.39 is 36.0 Å². The van der Waals surface area contributed by atoms with Crippen molar-refractivity contribution in [3.63, 3.8) is 0 Å². The van der Waals surface area contributed by atoms with Gasteiger partial charge in [-0.25, -0.2) is 13.2 Å². The van der Waals surface area contributed by atoms with E-state index in [1.165, 1.54) is 12.1 Å². The topological polar surface area (TPSA) is 80.6 Å². The Hall–Kier alpha value is -2.77. The number of amides is 1. The first kappa shape index (κ1) is 18.0. The molecule has 3 N–H and O–H groups in total. The number of hydrogen-bond donors (Lipinski definition) is 2. The monoisotopic (exact) mass is 365 g/mol. The van der Waals surface area contributed by atoms with Gasteiger partial charge in [0.15, 0.2) is 5.76 Å². The molecule has 3 rings (SSSR count). The smallest absolute Gasteiger partial charge is 0.291 e. The maximum Gasteiger partial charge on any atom is 0.291 e. The zero-order chi connectivity index (χ0) is 19.1. The lowest BCUT2D eigenvalue weighted by molar-refractivity contribution is -0.0462. The van der Waals surface area contributed by atoms with E-state index in [4.69, 9.17) is 10.2 Å². The highest BCUT2D eigenvalue weighted by atomic mass is 19.3. The maximum absolute atomic E-state index is 14.4. The SMILES string of the molecule is Cc1ccc(C(=O)Nc2ccc(F)c(C3N=C(N)C(C)CC3(F)F)c2)o1. The Kier molecular flexibility index (Phi) is 4.52. The molecule has 0 saturated heterocycles. The summed E-state index contributed by atoms with van der Waals surface area (Å²) in [6, 6.07) is 4.81. The van der Waals surface area contributed by atoms with Crippen LogP contribution in [0.2, 0.25) is 0 Å². The molecule has 2 unspecified atom stereocenters. The minimum atomic E-state index is -3.25. The van der Waals surface area contributed by atoms with E-state index in [0.717, 1.165) is 12.1 Å². The van der Waals surface area contributed by atoms with Crippen LogP contribution in [-0.4, -0.2) is 17.7 Å². The number of nitrogens with zero attached hydrogens (tertiary/aromatic N) is 1. The van der Waals surface area contributed by atoms with Gasteiger partial charge >= 0.3 is 0 Å². The zero-order valence-electron chi connectivity index (χ0n) is 14.2. The van der Waals surface area contributed by atoms with Crippen molar-refractivity contribution in [2.75, 3.05) is 5.32 Å². The summed E-state index contributed by atoms with van der Waals surface area (Å²) in [5, 5.41) is 2.50. The van der Waals surface area contributed by atoms with Crippen molar-refractivity contribution in [1.82, 2.24) is 0 Å². The van der Waals surface area contributed by atoms with E-state index >= 15 is 0 Å². The minimum Gasteiger partial charge on any atom is -0.456 e. The Labute approximate surface area is 148 Å². The molecular formula is C18H18F3N3O2. The van der Waals surface area contributed by atoms with Gasteiger partial charge in [-0.15, -0.1) is 0 Å². The molecule has 26 heavy (non-hydrogen) atoms. The molecule has 0 aliphatic carbocycles. The van der Waals surface area contributed by atoms with Crippen molar-refractivity contribution in [2.24, 2.45) is 16.6 Å². The molecule has 5 nitrogen and oxygen atoms in total. The molecule has 1 amide bonds. The van der Waals surface area contributed by atoms with Gasteiger partial charge in [-0.2, -0.15) is 0 Å². The van der Waals surface area contributed by atoms with Crippen LogP contribution < -0.4 is 11.1 Å².